The van der Waals surface area contributed by atoms with Crippen molar-refractivity contribution in [1.29, 1.82) is 0 Å². The van der Waals surface area contributed by atoms with Gasteiger partial charge in [0.2, 0.25) is 11.8 Å². The molecular weight excluding hydrogens is 294 g/mol. The van der Waals surface area contributed by atoms with Crippen LogP contribution in [0.25, 0.3) is 0 Å². The Morgan fingerprint density at radius 2 is 2.06 bits per heavy atom. The van der Waals surface area contributed by atoms with E-state index >= 15 is 0 Å². The normalized spacial score (nSPS) is 10.2. The molecule has 0 saturated carbocycles. The van der Waals surface area contributed by atoms with E-state index in [2.05, 4.69) is 44.2 Å². The smallest absolute Gasteiger partial charge is 0.238 e. The van der Waals surface area contributed by atoms with Crippen molar-refractivity contribution in [3.8, 4) is 11.6 Å². The van der Waals surface area contributed by atoms with Crippen molar-refractivity contribution < 1.29 is 4.74 Å². The maximum Gasteiger partial charge on any atom is 0.238 e. The third kappa shape index (κ3) is 2.61. The molecule has 0 radical (unpaired) electrons. The second-order valence-corrected chi connectivity index (χ2v) is 4.75. The number of rotatable bonds is 3. The van der Waals surface area contributed by atoms with Gasteiger partial charge in [0, 0.05) is 7.05 Å². The molecule has 2 aromatic rings. The third-order valence-electron chi connectivity index (χ3n) is 2.70. The lowest BCUT2D eigenvalue weighted by Gasteiger charge is -2.11. The molecule has 0 atom stereocenters. The van der Waals surface area contributed by atoms with Crippen molar-refractivity contribution in [2.45, 2.75) is 13.8 Å². The molecule has 1 N–H and O–H groups in total. The summed E-state index contributed by atoms with van der Waals surface area (Å²) in [5.74, 6) is 1.83. The summed E-state index contributed by atoms with van der Waals surface area (Å²) in [5, 5.41) is 2.88. The van der Waals surface area contributed by atoms with Gasteiger partial charge in [0.15, 0.2) is 0 Å². The molecule has 1 aromatic carbocycles. The van der Waals surface area contributed by atoms with Gasteiger partial charge in [-0.25, -0.2) is 4.98 Å². The van der Waals surface area contributed by atoms with E-state index in [1.165, 1.54) is 5.56 Å². The van der Waals surface area contributed by atoms with Crippen molar-refractivity contribution in [3.63, 3.8) is 0 Å². The van der Waals surface area contributed by atoms with Gasteiger partial charge in [0.05, 0.1) is 10.7 Å². The van der Waals surface area contributed by atoms with Gasteiger partial charge < -0.3 is 10.1 Å². The summed E-state index contributed by atoms with van der Waals surface area (Å²) in [6, 6.07) is 5.94. The van der Waals surface area contributed by atoms with Gasteiger partial charge in [-0.1, -0.05) is 12.1 Å². The fourth-order valence-corrected chi connectivity index (χ4v) is 1.75. The predicted octanol–water partition coefficient (Wildman–Crippen LogP) is 3.69. The highest BCUT2D eigenvalue weighted by Gasteiger charge is 2.09. The van der Waals surface area contributed by atoms with E-state index in [9.17, 15) is 0 Å². The minimum atomic E-state index is 0.503. The molecule has 0 aliphatic heterocycles. The Morgan fingerprint density at radius 3 is 2.78 bits per heavy atom. The molecular formula is C13H14BrN3O. The van der Waals surface area contributed by atoms with Gasteiger partial charge in [-0.2, -0.15) is 4.98 Å². The lowest BCUT2D eigenvalue weighted by molar-refractivity contribution is 0.455. The Hall–Kier alpha value is -1.62. The van der Waals surface area contributed by atoms with E-state index < -0.39 is 0 Å². The quantitative estimate of drug-likeness (QED) is 0.939. The van der Waals surface area contributed by atoms with Crippen LogP contribution in [-0.2, 0) is 0 Å². The van der Waals surface area contributed by atoms with E-state index in [1.54, 1.807) is 13.2 Å². The van der Waals surface area contributed by atoms with Gasteiger partial charge in [-0.05, 0) is 47.0 Å². The molecule has 0 aliphatic carbocycles. The Labute approximate surface area is 115 Å². The molecule has 0 aliphatic rings. The van der Waals surface area contributed by atoms with Crippen molar-refractivity contribution in [2.24, 2.45) is 0 Å². The van der Waals surface area contributed by atoms with Crippen LogP contribution >= 0.6 is 15.9 Å². The van der Waals surface area contributed by atoms with Crippen LogP contribution in [-0.4, -0.2) is 17.0 Å². The van der Waals surface area contributed by atoms with Crippen molar-refractivity contribution >= 4 is 21.9 Å². The van der Waals surface area contributed by atoms with E-state index in [0.29, 0.717) is 11.8 Å². The summed E-state index contributed by atoms with van der Waals surface area (Å²) in [5.41, 5.74) is 2.29. The molecule has 4 nitrogen and oxygen atoms in total. The van der Waals surface area contributed by atoms with E-state index in [0.717, 1.165) is 15.8 Å². The number of nitrogens with zero attached hydrogens (tertiary/aromatic N) is 2. The molecule has 0 amide bonds. The average molecular weight is 308 g/mol. The topological polar surface area (TPSA) is 47.0 Å². The Balaban J connectivity index is 2.36. The summed E-state index contributed by atoms with van der Waals surface area (Å²) in [6.45, 7) is 4.08. The molecule has 5 heteroatoms. The zero-order valence-electron chi connectivity index (χ0n) is 10.5. The van der Waals surface area contributed by atoms with Crippen LogP contribution < -0.4 is 10.1 Å². The van der Waals surface area contributed by atoms with Crippen LogP contribution in [0.1, 0.15) is 11.1 Å². The molecule has 0 spiro atoms. The minimum absolute atomic E-state index is 0.503. The fourth-order valence-electron chi connectivity index (χ4n) is 1.48. The van der Waals surface area contributed by atoms with Gasteiger partial charge in [-0.3, -0.25) is 0 Å². The number of halogens is 1. The van der Waals surface area contributed by atoms with Gasteiger partial charge in [0.25, 0.3) is 0 Å². The standard InChI is InChI=1S/C13H14BrN3O/c1-8-5-4-6-11(9(8)2)18-12-10(14)7-16-13(15-3)17-12/h4-7H,1-3H3,(H,15,16,17). The summed E-state index contributed by atoms with van der Waals surface area (Å²) >= 11 is 3.38. The Bertz CT molecular complexity index is 572. The lowest BCUT2D eigenvalue weighted by Crippen LogP contribution is -1.99. The highest BCUT2D eigenvalue weighted by molar-refractivity contribution is 9.10. The maximum atomic E-state index is 5.83. The minimum Gasteiger partial charge on any atom is -0.437 e. The lowest BCUT2D eigenvalue weighted by atomic mass is 10.1. The highest BCUT2D eigenvalue weighted by atomic mass is 79.9. The first-order valence-corrected chi connectivity index (χ1v) is 6.35. The summed E-state index contributed by atoms with van der Waals surface area (Å²) in [7, 11) is 1.77. The summed E-state index contributed by atoms with van der Waals surface area (Å²) in [6.07, 6.45) is 1.67. The number of hydrogen-bond donors (Lipinski definition) is 1. The van der Waals surface area contributed by atoms with Crippen LogP contribution in [0.15, 0.2) is 28.9 Å². The molecule has 18 heavy (non-hydrogen) atoms. The predicted molar refractivity (Wildman–Crippen MR) is 75.3 cm³/mol. The number of ether oxygens (including phenoxy) is 1. The zero-order valence-corrected chi connectivity index (χ0v) is 12.1. The molecule has 0 saturated heterocycles. The van der Waals surface area contributed by atoms with Crippen LogP contribution in [0, 0.1) is 13.8 Å². The van der Waals surface area contributed by atoms with Gasteiger partial charge in [-0.15, -0.1) is 0 Å². The Morgan fingerprint density at radius 1 is 1.28 bits per heavy atom. The molecule has 0 unspecified atom stereocenters. The average Bonchev–Trinajstić information content (AvgIpc) is 2.37. The SMILES string of the molecule is CNc1ncc(Br)c(Oc2cccc(C)c2C)n1. The fraction of sp³-hybridized carbons (Fsp3) is 0.231. The van der Waals surface area contributed by atoms with Crippen molar-refractivity contribution in [2.75, 3.05) is 12.4 Å². The largest absolute Gasteiger partial charge is 0.437 e. The molecule has 1 aromatic heterocycles. The van der Waals surface area contributed by atoms with Crippen LogP contribution in [0.3, 0.4) is 0 Å². The first-order valence-electron chi connectivity index (χ1n) is 5.56. The number of benzene rings is 1. The van der Waals surface area contributed by atoms with Crippen LogP contribution in [0.5, 0.6) is 11.6 Å². The van der Waals surface area contributed by atoms with E-state index in [-0.39, 0.29) is 0 Å². The van der Waals surface area contributed by atoms with Crippen molar-refractivity contribution in [1.82, 2.24) is 9.97 Å². The van der Waals surface area contributed by atoms with E-state index in [4.69, 9.17) is 4.74 Å². The van der Waals surface area contributed by atoms with Gasteiger partial charge >= 0.3 is 0 Å². The first kappa shape index (κ1) is 12.8. The number of nitrogens with one attached hydrogen (secondary N) is 1. The molecule has 0 fully saturated rings. The van der Waals surface area contributed by atoms with Crippen LogP contribution in [0.4, 0.5) is 5.95 Å². The zero-order chi connectivity index (χ0) is 13.1. The van der Waals surface area contributed by atoms with Crippen molar-refractivity contribution in [3.05, 3.63) is 40.0 Å². The first-order chi connectivity index (χ1) is 8.61. The third-order valence-corrected chi connectivity index (χ3v) is 3.24. The summed E-state index contributed by atoms with van der Waals surface area (Å²) in [4.78, 5) is 8.36. The highest BCUT2D eigenvalue weighted by Crippen LogP contribution is 2.30. The van der Waals surface area contributed by atoms with Crippen LogP contribution in [0.2, 0.25) is 0 Å². The number of anilines is 1. The Kier molecular flexibility index (Phi) is 3.81. The number of aromatic nitrogens is 2. The number of aryl methyl sites for hydroxylation is 1. The van der Waals surface area contributed by atoms with Gasteiger partial charge in [0.1, 0.15) is 5.75 Å². The molecule has 0 bridgehead atoms. The monoisotopic (exact) mass is 307 g/mol. The maximum absolute atomic E-state index is 5.83. The molecule has 2 rings (SSSR count). The summed E-state index contributed by atoms with van der Waals surface area (Å²) < 4.78 is 6.55. The second kappa shape index (κ2) is 5.35. The van der Waals surface area contributed by atoms with E-state index in [1.807, 2.05) is 19.1 Å². The molecule has 94 valence electrons. The number of hydrogen-bond acceptors (Lipinski definition) is 4. The second-order valence-electron chi connectivity index (χ2n) is 3.90. The molecule has 1 heterocycles.